The predicted molar refractivity (Wildman–Crippen MR) is 119 cm³/mol. The molecular formula is C26H34. The van der Waals surface area contributed by atoms with Crippen molar-refractivity contribution in [2.75, 3.05) is 0 Å². The molecule has 3 aromatic rings. The Bertz CT molecular complexity index is 664. The van der Waals surface area contributed by atoms with E-state index in [0.717, 1.165) is 0 Å². The van der Waals surface area contributed by atoms with E-state index in [9.17, 15) is 0 Å². The van der Waals surface area contributed by atoms with Gasteiger partial charge in [-0.3, -0.25) is 0 Å². The lowest BCUT2D eigenvalue weighted by atomic mass is 10.0. The van der Waals surface area contributed by atoms with Gasteiger partial charge in [0.1, 0.15) is 0 Å². The van der Waals surface area contributed by atoms with Crippen LogP contribution in [0, 0.1) is 0 Å². The van der Waals surface area contributed by atoms with Crippen molar-refractivity contribution in [1.82, 2.24) is 0 Å². The number of allylic oxidation sites excluding steroid dienone is 1. The third-order valence-electron chi connectivity index (χ3n) is 4.88. The normalized spacial score (nSPS) is 10.5. The number of benzene rings is 3. The van der Waals surface area contributed by atoms with Crippen LogP contribution in [0.1, 0.15) is 64.7 Å². The van der Waals surface area contributed by atoms with E-state index < -0.39 is 0 Å². The largest absolute Gasteiger partial charge is 0.103 e. The fraction of sp³-hybridized carbons (Fsp3) is 0.385. The Labute approximate surface area is 159 Å². The molecule has 0 heteroatoms. The molecule has 0 amide bonds. The zero-order chi connectivity index (χ0) is 18.5. The summed E-state index contributed by atoms with van der Waals surface area (Å²) in [7, 11) is 0. The number of hydrogen-bond donors (Lipinski definition) is 0. The molecular weight excluding hydrogens is 312 g/mol. The summed E-state index contributed by atoms with van der Waals surface area (Å²) in [6.07, 6.45) is 14.5. The van der Waals surface area contributed by atoms with Gasteiger partial charge in [-0.25, -0.2) is 0 Å². The van der Waals surface area contributed by atoms with Gasteiger partial charge in [-0.05, 0) is 46.5 Å². The van der Waals surface area contributed by atoms with Gasteiger partial charge in [-0.1, -0.05) is 106 Å². The lowest BCUT2D eigenvalue weighted by molar-refractivity contribution is 0.578. The van der Waals surface area contributed by atoms with Gasteiger partial charge in [0.15, 0.2) is 0 Å². The molecule has 0 nitrogen and oxygen atoms in total. The monoisotopic (exact) mass is 346 g/mol. The molecule has 0 aromatic heterocycles. The fourth-order valence-electron chi connectivity index (χ4n) is 3.31. The first kappa shape index (κ1) is 20.2. The number of rotatable bonds is 9. The molecule has 0 heterocycles. The molecule has 0 N–H and O–H groups in total. The van der Waals surface area contributed by atoms with E-state index in [-0.39, 0.29) is 0 Å². The summed E-state index contributed by atoms with van der Waals surface area (Å²) in [5, 5.41) is 5.25. The highest BCUT2D eigenvalue weighted by atomic mass is 14.0. The standard InChI is InChI=1S/C14H10.C12H24/c1-2-6-12-10-14-8-4-3-7-13(14)9-11(12)5-1;1-3-5-7-9-11-12-10-8-6-4-2/h1-10H;3H,1,4-12H2,2H3. The average Bonchev–Trinajstić information content (AvgIpc) is 2.69. The zero-order valence-electron chi connectivity index (χ0n) is 16.4. The van der Waals surface area contributed by atoms with Gasteiger partial charge in [-0.15, -0.1) is 6.58 Å². The van der Waals surface area contributed by atoms with Gasteiger partial charge in [0.05, 0.1) is 0 Å². The molecule has 0 fully saturated rings. The molecule has 138 valence electrons. The van der Waals surface area contributed by atoms with Crippen LogP contribution in [0.2, 0.25) is 0 Å². The summed E-state index contributed by atoms with van der Waals surface area (Å²) in [6, 6.07) is 21.4. The molecule has 3 rings (SSSR count). The predicted octanol–water partition coefficient (Wildman–Crippen LogP) is 8.70. The Balaban J connectivity index is 0.000000191. The smallest absolute Gasteiger partial charge is 0.0178 e. The van der Waals surface area contributed by atoms with Crippen molar-refractivity contribution in [1.29, 1.82) is 0 Å². The molecule has 0 aliphatic heterocycles. The van der Waals surface area contributed by atoms with Gasteiger partial charge in [0.25, 0.3) is 0 Å². The fourth-order valence-corrected chi connectivity index (χ4v) is 3.31. The van der Waals surface area contributed by atoms with Crippen LogP contribution in [0.15, 0.2) is 73.3 Å². The summed E-state index contributed by atoms with van der Waals surface area (Å²) in [5.74, 6) is 0. The van der Waals surface area contributed by atoms with Crippen LogP contribution < -0.4 is 0 Å². The van der Waals surface area contributed by atoms with Gasteiger partial charge < -0.3 is 0 Å². The van der Waals surface area contributed by atoms with Crippen LogP contribution in [-0.4, -0.2) is 0 Å². The van der Waals surface area contributed by atoms with Crippen molar-refractivity contribution in [3.63, 3.8) is 0 Å². The lowest BCUT2D eigenvalue weighted by Gasteiger charge is -2.00. The Kier molecular flexibility index (Phi) is 9.57. The molecule has 0 spiro atoms. The van der Waals surface area contributed by atoms with Crippen LogP contribution in [-0.2, 0) is 0 Å². The highest BCUT2D eigenvalue weighted by molar-refractivity contribution is 5.98. The summed E-state index contributed by atoms with van der Waals surface area (Å²) >= 11 is 0. The molecule has 0 radical (unpaired) electrons. The Morgan fingerprint density at radius 2 is 1.00 bits per heavy atom. The number of unbranched alkanes of at least 4 members (excludes halogenated alkanes) is 8. The minimum Gasteiger partial charge on any atom is -0.103 e. The molecule has 0 aliphatic rings. The van der Waals surface area contributed by atoms with E-state index in [2.05, 4.69) is 74.2 Å². The van der Waals surface area contributed by atoms with E-state index in [1.165, 1.54) is 79.3 Å². The van der Waals surface area contributed by atoms with Crippen LogP contribution in [0.3, 0.4) is 0 Å². The third kappa shape index (κ3) is 7.04. The van der Waals surface area contributed by atoms with E-state index in [0.29, 0.717) is 0 Å². The van der Waals surface area contributed by atoms with Crippen LogP contribution in [0.4, 0.5) is 0 Å². The molecule has 0 saturated carbocycles. The highest BCUT2D eigenvalue weighted by Gasteiger charge is 1.95. The second-order valence-corrected chi connectivity index (χ2v) is 7.10. The maximum absolute atomic E-state index is 3.72. The molecule has 0 unspecified atom stereocenters. The molecule has 0 atom stereocenters. The Hall–Kier alpha value is -2.08. The van der Waals surface area contributed by atoms with E-state index in [4.69, 9.17) is 0 Å². The van der Waals surface area contributed by atoms with E-state index >= 15 is 0 Å². The molecule has 0 aliphatic carbocycles. The third-order valence-corrected chi connectivity index (χ3v) is 4.88. The summed E-state index contributed by atoms with van der Waals surface area (Å²) in [4.78, 5) is 0. The second-order valence-electron chi connectivity index (χ2n) is 7.10. The van der Waals surface area contributed by atoms with Gasteiger partial charge in [0.2, 0.25) is 0 Å². The Morgan fingerprint density at radius 1 is 0.615 bits per heavy atom. The highest BCUT2D eigenvalue weighted by Crippen LogP contribution is 2.22. The lowest BCUT2D eigenvalue weighted by Crippen LogP contribution is -1.79. The van der Waals surface area contributed by atoms with Crippen LogP contribution >= 0.6 is 0 Å². The van der Waals surface area contributed by atoms with Crippen molar-refractivity contribution < 1.29 is 0 Å². The first-order chi connectivity index (χ1) is 12.8. The first-order valence-electron chi connectivity index (χ1n) is 10.3. The topological polar surface area (TPSA) is 0 Å². The maximum Gasteiger partial charge on any atom is -0.0178 e. The van der Waals surface area contributed by atoms with Crippen molar-refractivity contribution in [3.8, 4) is 0 Å². The van der Waals surface area contributed by atoms with Crippen molar-refractivity contribution in [3.05, 3.63) is 73.3 Å². The minimum absolute atomic E-state index is 1.20. The van der Waals surface area contributed by atoms with Crippen LogP contribution in [0.5, 0.6) is 0 Å². The Morgan fingerprint density at radius 3 is 1.38 bits per heavy atom. The maximum atomic E-state index is 3.72. The SMILES string of the molecule is C=CCCCCCCCCCC.c1ccc2cc3ccccc3cc2c1. The quantitative estimate of drug-likeness (QED) is 0.206. The van der Waals surface area contributed by atoms with Gasteiger partial charge >= 0.3 is 0 Å². The van der Waals surface area contributed by atoms with Crippen molar-refractivity contribution >= 4 is 21.5 Å². The van der Waals surface area contributed by atoms with E-state index in [1.54, 1.807) is 0 Å². The molecule has 0 bridgehead atoms. The summed E-state index contributed by atoms with van der Waals surface area (Å²) in [6.45, 7) is 5.99. The zero-order valence-corrected chi connectivity index (χ0v) is 16.4. The van der Waals surface area contributed by atoms with Gasteiger partial charge in [0, 0.05) is 0 Å². The first-order valence-corrected chi connectivity index (χ1v) is 10.3. The van der Waals surface area contributed by atoms with E-state index in [1.807, 2.05) is 6.08 Å². The molecule has 3 aromatic carbocycles. The average molecular weight is 347 g/mol. The summed E-state index contributed by atoms with van der Waals surface area (Å²) in [5.41, 5.74) is 0. The minimum atomic E-state index is 1.20. The van der Waals surface area contributed by atoms with Crippen LogP contribution in [0.25, 0.3) is 21.5 Å². The van der Waals surface area contributed by atoms with Gasteiger partial charge in [-0.2, -0.15) is 0 Å². The number of hydrogen-bond acceptors (Lipinski definition) is 0. The number of fused-ring (bicyclic) bond motifs is 2. The van der Waals surface area contributed by atoms with Crippen molar-refractivity contribution in [2.24, 2.45) is 0 Å². The molecule has 26 heavy (non-hydrogen) atoms. The second kappa shape index (κ2) is 12.3. The summed E-state index contributed by atoms with van der Waals surface area (Å²) < 4.78 is 0. The van der Waals surface area contributed by atoms with Crippen molar-refractivity contribution in [2.45, 2.75) is 64.7 Å². The molecule has 0 saturated heterocycles.